The molecule has 2 N–H and O–H groups in total. The third-order valence-corrected chi connectivity index (χ3v) is 3.66. The van der Waals surface area contributed by atoms with E-state index in [0.717, 1.165) is 10.3 Å². The Morgan fingerprint density at radius 2 is 1.76 bits per heavy atom. The highest BCUT2D eigenvalue weighted by molar-refractivity contribution is 8.00. The number of thioether (sulfide) groups is 1. The van der Waals surface area contributed by atoms with Gasteiger partial charge in [-0.1, -0.05) is 36.4 Å². The lowest BCUT2D eigenvalue weighted by molar-refractivity contribution is -0.133. The predicted octanol–water partition coefficient (Wildman–Crippen LogP) is 4.17. The Bertz CT molecular complexity index is 686. The third-order valence-electron chi connectivity index (χ3n) is 2.62. The largest absolute Gasteiger partial charge is 0.481 e. The maximum Gasteiger partial charge on any atom is 0.313 e. The number of benzene rings is 2. The van der Waals surface area contributed by atoms with Gasteiger partial charge in [0.2, 0.25) is 0 Å². The minimum atomic E-state index is -0.864. The molecule has 1 heterocycles. The summed E-state index contributed by atoms with van der Waals surface area (Å²) in [6.45, 7) is 0. The van der Waals surface area contributed by atoms with Crippen LogP contribution in [0.2, 0.25) is 0 Å². The summed E-state index contributed by atoms with van der Waals surface area (Å²) in [5.74, 6) is -1.17. The minimum absolute atomic E-state index is 0.00430. The smallest absolute Gasteiger partial charge is 0.313 e. The Balaban J connectivity index is 0.000000225. The van der Waals surface area contributed by atoms with E-state index in [2.05, 4.69) is 4.98 Å². The van der Waals surface area contributed by atoms with Crippen molar-refractivity contribution in [2.45, 2.75) is 4.90 Å². The first-order valence-corrected chi connectivity index (χ1v) is 7.26. The molecule has 0 aliphatic carbocycles. The van der Waals surface area contributed by atoms with Crippen LogP contribution in [0, 0.1) is 5.82 Å². The molecule has 3 rings (SSSR count). The fourth-order valence-electron chi connectivity index (χ4n) is 1.72. The number of hydrogen-bond acceptors (Lipinski definition) is 2. The van der Waals surface area contributed by atoms with Crippen LogP contribution in [0.25, 0.3) is 10.9 Å². The van der Waals surface area contributed by atoms with Crippen LogP contribution in [-0.2, 0) is 4.79 Å². The topological polar surface area (TPSA) is 53.1 Å². The highest BCUT2D eigenvalue weighted by Gasteiger charge is 2.06. The van der Waals surface area contributed by atoms with E-state index in [4.69, 9.17) is 5.11 Å². The molecule has 0 spiro atoms. The molecule has 0 radical (unpaired) electrons. The van der Waals surface area contributed by atoms with Gasteiger partial charge in [-0.05, 0) is 18.2 Å². The molecule has 0 saturated carbocycles. The molecule has 3 aromatic rings. The zero-order valence-electron chi connectivity index (χ0n) is 11.1. The Morgan fingerprint density at radius 1 is 1.14 bits per heavy atom. The van der Waals surface area contributed by atoms with Crippen LogP contribution in [0.5, 0.6) is 0 Å². The summed E-state index contributed by atoms with van der Waals surface area (Å²) in [6, 6.07) is 16.4. The van der Waals surface area contributed by atoms with Crippen molar-refractivity contribution in [3.05, 3.63) is 66.6 Å². The summed E-state index contributed by atoms with van der Waals surface area (Å²) >= 11 is 1.22. The molecule has 1 aromatic heterocycles. The minimum Gasteiger partial charge on any atom is -0.481 e. The van der Waals surface area contributed by atoms with E-state index >= 15 is 0 Å². The first kappa shape index (κ1) is 15.1. The number of rotatable bonds is 3. The maximum atomic E-state index is 12.8. The van der Waals surface area contributed by atoms with Crippen LogP contribution in [0.3, 0.4) is 0 Å². The Kier molecular flexibility index (Phi) is 5.40. The van der Waals surface area contributed by atoms with Gasteiger partial charge in [-0.15, -0.1) is 11.8 Å². The van der Waals surface area contributed by atoms with Gasteiger partial charge in [0.1, 0.15) is 5.82 Å². The number of fused-ring (bicyclic) bond motifs is 1. The highest BCUT2D eigenvalue weighted by Crippen LogP contribution is 2.27. The van der Waals surface area contributed by atoms with Gasteiger partial charge < -0.3 is 10.1 Å². The van der Waals surface area contributed by atoms with Crippen molar-refractivity contribution in [1.82, 2.24) is 4.98 Å². The first-order valence-electron chi connectivity index (χ1n) is 6.28. The van der Waals surface area contributed by atoms with Crippen molar-refractivity contribution in [3.8, 4) is 0 Å². The average molecular weight is 303 g/mol. The van der Waals surface area contributed by atoms with E-state index in [9.17, 15) is 9.18 Å². The zero-order chi connectivity index (χ0) is 15.1. The number of carboxylic acid groups (broad SMARTS) is 1. The van der Waals surface area contributed by atoms with Gasteiger partial charge in [0.15, 0.2) is 0 Å². The van der Waals surface area contributed by atoms with E-state index in [0.29, 0.717) is 5.52 Å². The second-order valence-corrected chi connectivity index (χ2v) is 5.20. The lowest BCUT2D eigenvalue weighted by Crippen LogP contribution is -1.96. The normalized spacial score (nSPS) is 9.95. The van der Waals surface area contributed by atoms with Crippen molar-refractivity contribution < 1.29 is 14.3 Å². The van der Waals surface area contributed by atoms with Gasteiger partial charge in [0.05, 0.1) is 5.75 Å². The van der Waals surface area contributed by atoms with E-state index in [1.54, 1.807) is 12.3 Å². The quantitative estimate of drug-likeness (QED) is 0.714. The van der Waals surface area contributed by atoms with Crippen LogP contribution in [-0.4, -0.2) is 21.8 Å². The summed E-state index contributed by atoms with van der Waals surface area (Å²) in [6.07, 6.45) is 1.69. The fourth-order valence-corrected chi connectivity index (χ4v) is 2.47. The summed E-state index contributed by atoms with van der Waals surface area (Å²) in [5, 5.41) is 9.39. The molecule has 0 aliphatic rings. The van der Waals surface area contributed by atoms with Gasteiger partial charge in [0, 0.05) is 22.0 Å². The van der Waals surface area contributed by atoms with Gasteiger partial charge in [-0.2, -0.15) is 0 Å². The van der Waals surface area contributed by atoms with Gasteiger partial charge in [-0.25, -0.2) is 4.39 Å². The molecule has 0 unspecified atom stereocenters. The summed E-state index contributed by atoms with van der Waals surface area (Å²) in [4.78, 5) is 14.1. The number of H-pyrrole nitrogens is 1. The van der Waals surface area contributed by atoms with E-state index < -0.39 is 5.97 Å². The van der Waals surface area contributed by atoms with Gasteiger partial charge in [0.25, 0.3) is 0 Å². The lowest BCUT2D eigenvalue weighted by Gasteiger charge is -1.95. The molecule has 0 fully saturated rings. The molecule has 0 aliphatic heterocycles. The zero-order valence-corrected chi connectivity index (χ0v) is 11.9. The second-order valence-electron chi connectivity index (χ2n) is 4.18. The molecule has 108 valence electrons. The van der Waals surface area contributed by atoms with Crippen molar-refractivity contribution in [2.75, 3.05) is 5.75 Å². The maximum absolute atomic E-state index is 12.8. The molecule has 3 nitrogen and oxygen atoms in total. The Morgan fingerprint density at radius 3 is 2.33 bits per heavy atom. The molecule has 0 saturated heterocycles. The lowest BCUT2D eigenvalue weighted by atomic mass is 10.2. The molecule has 21 heavy (non-hydrogen) atoms. The van der Waals surface area contributed by atoms with Crippen LogP contribution in [0.15, 0.2) is 65.7 Å². The predicted molar refractivity (Wildman–Crippen MR) is 83.1 cm³/mol. The number of aromatic nitrogens is 1. The molecule has 0 bridgehead atoms. The van der Waals surface area contributed by atoms with E-state index in [1.807, 2.05) is 36.4 Å². The Hall–Kier alpha value is -2.27. The summed E-state index contributed by atoms with van der Waals surface area (Å²) in [5.41, 5.74) is 0.683. The van der Waals surface area contributed by atoms with Crippen LogP contribution in [0.1, 0.15) is 0 Å². The molecule has 0 atom stereocenters. The van der Waals surface area contributed by atoms with Crippen LogP contribution in [0.4, 0.5) is 4.39 Å². The number of carbonyl (C=O) groups is 1. The number of hydrogen-bond donors (Lipinski definition) is 2. The van der Waals surface area contributed by atoms with Crippen molar-refractivity contribution in [3.63, 3.8) is 0 Å². The number of halogens is 1. The van der Waals surface area contributed by atoms with Crippen molar-refractivity contribution in [1.29, 1.82) is 0 Å². The first-order chi connectivity index (χ1) is 10.2. The van der Waals surface area contributed by atoms with Crippen molar-refractivity contribution in [2.24, 2.45) is 0 Å². The summed E-state index contributed by atoms with van der Waals surface area (Å²) in [7, 11) is 0. The molecular formula is C16H14FNO2S. The summed E-state index contributed by atoms with van der Waals surface area (Å²) < 4.78 is 12.8. The van der Waals surface area contributed by atoms with Crippen LogP contribution < -0.4 is 0 Å². The van der Waals surface area contributed by atoms with Gasteiger partial charge in [-0.3, -0.25) is 4.79 Å². The molecule has 0 amide bonds. The number of aliphatic carboxylic acids is 1. The highest BCUT2D eigenvalue weighted by atomic mass is 32.2. The molecular weight excluding hydrogens is 289 g/mol. The van der Waals surface area contributed by atoms with E-state index in [1.165, 1.54) is 23.9 Å². The van der Waals surface area contributed by atoms with Crippen molar-refractivity contribution >= 4 is 28.6 Å². The fraction of sp³-hybridized carbons (Fsp3) is 0.0625. The van der Waals surface area contributed by atoms with Gasteiger partial charge >= 0.3 is 5.97 Å². The number of aromatic amines is 1. The second kappa shape index (κ2) is 7.50. The molecule has 2 aromatic carbocycles. The standard InChI is InChI=1S/C10H8FNO2S.C6H6/c11-6-1-2-7-8(3-6)12-4-9(7)15-5-10(13)14;1-2-4-6-5-3-1/h1-4,12H,5H2,(H,13,14);1-6H. The number of carboxylic acids is 1. The van der Waals surface area contributed by atoms with E-state index in [-0.39, 0.29) is 11.6 Å². The van der Waals surface area contributed by atoms with Crippen LogP contribution >= 0.6 is 11.8 Å². The number of nitrogens with one attached hydrogen (secondary N) is 1. The SMILES string of the molecule is O=C(O)CSc1c[nH]c2cc(F)ccc12.c1ccccc1. The third kappa shape index (κ3) is 4.65. The average Bonchev–Trinajstić information content (AvgIpc) is 2.89. The Labute approximate surface area is 125 Å². The monoisotopic (exact) mass is 303 g/mol. The molecule has 5 heteroatoms.